The van der Waals surface area contributed by atoms with Gasteiger partial charge in [-0.25, -0.2) is 8.42 Å². The van der Waals surface area contributed by atoms with E-state index in [0.717, 1.165) is 16.2 Å². The number of ether oxygens (including phenoxy) is 1. The zero-order valence-electron chi connectivity index (χ0n) is 16.1. The van der Waals surface area contributed by atoms with Gasteiger partial charge < -0.3 is 10.1 Å². The Morgan fingerprint density at radius 1 is 1.07 bits per heavy atom. The molecule has 0 fully saturated rings. The van der Waals surface area contributed by atoms with Crippen LogP contribution in [0.3, 0.4) is 0 Å². The molecule has 2 heterocycles. The van der Waals surface area contributed by atoms with Crippen LogP contribution >= 0.6 is 11.3 Å². The second kappa shape index (κ2) is 7.65. The average molecular weight is 428 g/mol. The highest BCUT2D eigenvalue weighted by molar-refractivity contribution is 7.91. The Kier molecular flexibility index (Phi) is 5.19. The predicted molar refractivity (Wildman–Crippen MR) is 114 cm³/mol. The Hall–Kier alpha value is -2.64. The molecular formula is C22H21NO4S2. The van der Waals surface area contributed by atoms with Gasteiger partial charge in [0.2, 0.25) is 15.7 Å². The van der Waals surface area contributed by atoms with Crippen LogP contribution in [0.25, 0.3) is 0 Å². The van der Waals surface area contributed by atoms with Gasteiger partial charge in [0.25, 0.3) is 0 Å². The number of nitrogens with one attached hydrogen (secondary N) is 1. The van der Waals surface area contributed by atoms with E-state index in [1.165, 1.54) is 11.3 Å². The highest BCUT2D eigenvalue weighted by atomic mass is 32.2. The minimum absolute atomic E-state index is 0.0796. The molecule has 2 aromatic carbocycles. The van der Waals surface area contributed by atoms with E-state index < -0.39 is 9.84 Å². The summed E-state index contributed by atoms with van der Waals surface area (Å²) in [5, 5.41) is 4.42. The van der Waals surface area contributed by atoms with Gasteiger partial charge in [-0.2, -0.15) is 0 Å². The minimum atomic E-state index is -3.71. The molecule has 0 saturated carbocycles. The Morgan fingerprint density at radius 3 is 2.41 bits per heavy atom. The molecule has 1 aliphatic rings. The van der Waals surface area contributed by atoms with E-state index in [2.05, 4.69) is 5.32 Å². The third kappa shape index (κ3) is 3.80. The molecule has 150 valence electrons. The largest absolute Gasteiger partial charge is 0.491 e. The summed E-state index contributed by atoms with van der Waals surface area (Å²) in [4.78, 5) is 13.6. The smallest absolute Gasteiger partial charge is 0.225 e. The van der Waals surface area contributed by atoms with Crippen molar-refractivity contribution >= 4 is 32.8 Å². The maximum Gasteiger partial charge on any atom is 0.225 e. The van der Waals surface area contributed by atoms with Crippen molar-refractivity contribution < 1.29 is 17.9 Å². The lowest BCUT2D eigenvalue weighted by atomic mass is 9.90. The van der Waals surface area contributed by atoms with Gasteiger partial charge in [0.1, 0.15) is 10.6 Å². The second-order valence-electron chi connectivity index (χ2n) is 7.20. The summed E-state index contributed by atoms with van der Waals surface area (Å²) in [7, 11) is -3.71. The molecule has 4 rings (SSSR count). The van der Waals surface area contributed by atoms with Gasteiger partial charge in [-0.05, 0) is 43.7 Å². The zero-order chi connectivity index (χ0) is 20.6. The molecule has 5 nitrogen and oxygen atoms in total. The Morgan fingerprint density at radius 2 is 1.76 bits per heavy atom. The molecule has 1 N–H and O–H groups in total. The number of rotatable bonds is 5. The number of benzene rings is 2. The van der Waals surface area contributed by atoms with Crippen molar-refractivity contribution in [2.75, 3.05) is 5.32 Å². The van der Waals surface area contributed by atoms with Crippen LogP contribution in [0.4, 0.5) is 5.69 Å². The first-order valence-corrected chi connectivity index (χ1v) is 11.7. The molecule has 1 atom stereocenters. The van der Waals surface area contributed by atoms with Crippen molar-refractivity contribution in [2.24, 2.45) is 0 Å². The SMILES string of the molecule is CC(C)Oc1ccc(C2CC(=O)Nc3c(S(=O)(=O)c4ccccc4)csc32)cc1. The fraction of sp³-hybridized carbons (Fsp3) is 0.227. The predicted octanol–water partition coefficient (Wildman–Crippen LogP) is 4.84. The first kappa shape index (κ1) is 19.7. The zero-order valence-corrected chi connectivity index (χ0v) is 17.7. The molecule has 1 amide bonds. The number of sulfone groups is 1. The average Bonchev–Trinajstić information content (AvgIpc) is 3.13. The number of amides is 1. The van der Waals surface area contributed by atoms with Gasteiger partial charge in [0.15, 0.2) is 0 Å². The quantitative estimate of drug-likeness (QED) is 0.632. The second-order valence-corrected chi connectivity index (χ2v) is 10.0. The van der Waals surface area contributed by atoms with Gasteiger partial charge in [-0.3, -0.25) is 4.79 Å². The highest BCUT2D eigenvalue weighted by Crippen LogP contribution is 2.46. The van der Waals surface area contributed by atoms with Gasteiger partial charge in [0.05, 0.1) is 16.7 Å². The van der Waals surface area contributed by atoms with Gasteiger partial charge in [-0.1, -0.05) is 30.3 Å². The monoisotopic (exact) mass is 427 g/mol. The summed E-state index contributed by atoms with van der Waals surface area (Å²) in [6, 6.07) is 15.9. The Bertz CT molecular complexity index is 1130. The van der Waals surface area contributed by atoms with Crippen LogP contribution in [0.15, 0.2) is 69.8 Å². The summed E-state index contributed by atoms with van der Waals surface area (Å²) in [6.07, 6.45) is 0.360. The minimum Gasteiger partial charge on any atom is -0.491 e. The van der Waals surface area contributed by atoms with Crippen LogP contribution in [0.5, 0.6) is 5.75 Å². The van der Waals surface area contributed by atoms with Crippen LogP contribution in [0.1, 0.15) is 36.6 Å². The number of hydrogen-bond acceptors (Lipinski definition) is 5. The summed E-state index contributed by atoms with van der Waals surface area (Å²) >= 11 is 1.37. The van der Waals surface area contributed by atoms with E-state index in [1.807, 2.05) is 38.1 Å². The lowest BCUT2D eigenvalue weighted by Gasteiger charge is -2.24. The van der Waals surface area contributed by atoms with Crippen LogP contribution in [0.2, 0.25) is 0 Å². The molecule has 0 saturated heterocycles. The van der Waals surface area contributed by atoms with Crippen LogP contribution in [-0.4, -0.2) is 20.4 Å². The summed E-state index contributed by atoms with van der Waals surface area (Å²) in [5.74, 6) is 0.396. The van der Waals surface area contributed by atoms with Gasteiger partial charge >= 0.3 is 0 Å². The maximum absolute atomic E-state index is 13.1. The van der Waals surface area contributed by atoms with Crippen molar-refractivity contribution in [3.63, 3.8) is 0 Å². The summed E-state index contributed by atoms with van der Waals surface area (Å²) < 4.78 is 31.9. The molecule has 3 aromatic rings. The number of carbonyl (C=O) groups is 1. The van der Waals surface area contributed by atoms with Crippen LogP contribution in [-0.2, 0) is 14.6 Å². The number of fused-ring (bicyclic) bond motifs is 1. The number of hydrogen-bond donors (Lipinski definition) is 1. The van der Waals surface area contributed by atoms with Crippen molar-refractivity contribution in [1.82, 2.24) is 0 Å². The summed E-state index contributed by atoms with van der Waals surface area (Å²) in [5.41, 5.74) is 1.37. The molecule has 0 aliphatic carbocycles. The molecule has 0 spiro atoms. The maximum atomic E-state index is 13.1. The normalized spacial score (nSPS) is 16.4. The van der Waals surface area contributed by atoms with E-state index in [1.54, 1.807) is 35.7 Å². The van der Waals surface area contributed by atoms with E-state index in [4.69, 9.17) is 4.74 Å². The molecule has 1 unspecified atom stereocenters. The third-order valence-corrected chi connectivity index (χ3v) is 7.79. The Balaban J connectivity index is 1.73. The van der Waals surface area contributed by atoms with E-state index in [-0.39, 0.29) is 34.1 Å². The summed E-state index contributed by atoms with van der Waals surface area (Å²) in [6.45, 7) is 3.93. The van der Waals surface area contributed by atoms with E-state index in [9.17, 15) is 13.2 Å². The first-order valence-electron chi connectivity index (χ1n) is 9.34. The third-order valence-electron chi connectivity index (χ3n) is 4.75. The number of anilines is 1. The lowest BCUT2D eigenvalue weighted by molar-refractivity contribution is -0.116. The number of carbonyl (C=O) groups excluding carboxylic acids is 1. The highest BCUT2D eigenvalue weighted by Gasteiger charge is 2.34. The Labute approximate surface area is 174 Å². The topological polar surface area (TPSA) is 72.5 Å². The molecule has 29 heavy (non-hydrogen) atoms. The fourth-order valence-electron chi connectivity index (χ4n) is 3.45. The van der Waals surface area contributed by atoms with Crippen molar-refractivity contribution in [3.8, 4) is 5.75 Å². The first-order chi connectivity index (χ1) is 13.9. The van der Waals surface area contributed by atoms with E-state index in [0.29, 0.717) is 5.69 Å². The molecule has 0 bridgehead atoms. The van der Waals surface area contributed by atoms with E-state index >= 15 is 0 Å². The molecule has 1 aliphatic heterocycles. The van der Waals surface area contributed by atoms with Crippen LogP contribution in [0, 0.1) is 0 Å². The molecule has 1 aromatic heterocycles. The van der Waals surface area contributed by atoms with Crippen LogP contribution < -0.4 is 10.1 Å². The van der Waals surface area contributed by atoms with Crippen molar-refractivity contribution in [2.45, 2.75) is 42.1 Å². The standard InChI is InChI=1S/C22H21NO4S2/c1-14(2)27-16-10-8-15(9-11-16)18-12-20(24)23-21-19(13-28-22(18)21)29(25,26)17-6-4-3-5-7-17/h3-11,13-14,18H,12H2,1-2H3,(H,23,24). The van der Waals surface area contributed by atoms with Crippen molar-refractivity contribution in [1.29, 1.82) is 0 Å². The van der Waals surface area contributed by atoms with Crippen molar-refractivity contribution in [3.05, 3.63) is 70.4 Å². The molecular weight excluding hydrogens is 406 g/mol. The molecule has 7 heteroatoms. The van der Waals surface area contributed by atoms with Gasteiger partial charge in [0, 0.05) is 22.6 Å². The fourth-order valence-corrected chi connectivity index (χ4v) is 6.38. The number of thiophene rings is 1. The molecule has 0 radical (unpaired) electrons. The lowest BCUT2D eigenvalue weighted by Crippen LogP contribution is -2.23. The van der Waals surface area contributed by atoms with Gasteiger partial charge in [-0.15, -0.1) is 11.3 Å².